The first-order valence-corrected chi connectivity index (χ1v) is 8.51. The fourth-order valence-corrected chi connectivity index (χ4v) is 2.72. The molecule has 128 valence electrons. The van der Waals surface area contributed by atoms with Crippen molar-refractivity contribution in [3.8, 4) is 5.75 Å². The van der Waals surface area contributed by atoms with Crippen LogP contribution in [0.3, 0.4) is 0 Å². The minimum atomic E-state index is -0.616. The molecule has 4 nitrogen and oxygen atoms in total. The molecule has 0 aromatic heterocycles. The van der Waals surface area contributed by atoms with Crippen molar-refractivity contribution in [2.24, 2.45) is 0 Å². The first-order valence-electron chi connectivity index (χ1n) is 7.38. The Morgan fingerprint density at radius 2 is 1.65 bits per heavy atom. The maximum atomic E-state index is 11.8. The first-order chi connectivity index (χ1) is 10.8. The molecular formula is C16H19Cl3O4. The Kier molecular flexibility index (Phi) is 8.74. The number of carbonyl (C=O) groups is 2. The zero-order valence-corrected chi connectivity index (χ0v) is 15.3. The largest absolute Gasteiger partial charge is 0.463 e. The van der Waals surface area contributed by atoms with Crippen LogP contribution in [0.25, 0.3) is 0 Å². The van der Waals surface area contributed by atoms with Crippen LogP contribution in [-0.4, -0.2) is 18.0 Å². The number of hydrogen-bond donors (Lipinski definition) is 0. The average Bonchev–Trinajstić information content (AvgIpc) is 2.46. The summed E-state index contributed by atoms with van der Waals surface area (Å²) in [5, 5.41) is 0.600. The summed E-state index contributed by atoms with van der Waals surface area (Å²) in [6, 6.07) is 2.84. The minimum Gasteiger partial charge on any atom is -0.463 e. The molecule has 0 aliphatic rings. The Morgan fingerprint density at radius 1 is 1.09 bits per heavy atom. The third kappa shape index (κ3) is 7.42. The molecule has 0 aliphatic carbocycles. The van der Waals surface area contributed by atoms with E-state index in [0.717, 1.165) is 19.3 Å². The Balaban J connectivity index is 2.44. The van der Waals surface area contributed by atoms with E-state index in [9.17, 15) is 9.59 Å². The van der Waals surface area contributed by atoms with Gasteiger partial charge in [-0.25, -0.2) is 0 Å². The Labute approximate surface area is 151 Å². The van der Waals surface area contributed by atoms with Crippen LogP contribution in [-0.2, 0) is 14.3 Å². The summed E-state index contributed by atoms with van der Waals surface area (Å²) in [6.45, 7) is 3.90. The molecule has 1 rings (SSSR count). The van der Waals surface area contributed by atoms with E-state index in [1.54, 1.807) is 0 Å². The fourth-order valence-electron chi connectivity index (χ4n) is 1.83. The third-order valence-corrected chi connectivity index (χ3v) is 3.79. The predicted octanol–water partition coefficient (Wildman–Crippen LogP) is 5.45. The summed E-state index contributed by atoms with van der Waals surface area (Å²) in [7, 11) is 0. The normalized spacial score (nSPS) is 11.9. The first kappa shape index (κ1) is 20.1. The molecule has 0 aliphatic heterocycles. The van der Waals surface area contributed by atoms with Crippen LogP contribution in [0.5, 0.6) is 5.75 Å². The van der Waals surface area contributed by atoms with Gasteiger partial charge in [0.05, 0.1) is 29.0 Å². The lowest BCUT2D eigenvalue weighted by Crippen LogP contribution is -2.17. The molecule has 0 radical (unpaired) electrons. The van der Waals surface area contributed by atoms with Gasteiger partial charge in [-0.15, -0.1) is 0 Å². The lowest BCUT2D eigenvalue weighted by Gasteiger charge is -2.12. The van der Waals surface area contributed by atoms with Gasteiger partial charge in [0, 0.05) is 5.02 Å². The highest BCUT2D eigenvalue weighted by Crippen LogP contribution is 2.36. The van der Waals surface area contributed by atoms with E-state index in [1.165, 1.54) is 12.1 Å². The van der Waals surface area contributed by atoms with Gasteiger partial charge in [-0.1, -0.05) is 54.6 Å². The maximum Gasteiger partial charge on any atom is 0.311 e. The van der Waals surface area contributed by atoms with E-state index >= 15 is 0 Å². The van der Waals surface area contributed by atoms with Crippen molar-refractivity contribution in [2.45, 2.75) is 52.1 Å². The topological polar surface area (TPSA) is 52.6 Å². The number of benzene rings is 1. The molecule has 0 amide bonds. The van der Waals surface area contributed by atoms with Crippen LogP contribution < -0.4 is 4.74 Å². The summed E-state index contributed by atoms with van der Waals surface area (Å²) >= 11 is 17.6. The van der Waals surface area contributed by atoms with Gasteiger partial charge < -0.3 is 9.47 Å². The molecule has 0 spiro atoms. The average molecular weight is 382 g/mol. The molecule has 0 saturated carbocycles. The Morgan fingerprint density at radius 3 is 2.22 bits per heavy atom. The highest BCUT2D eigenvalue weighted by Gasteiger charge is 2.16. The van der Waals surface area contributed by atoms with Gasteiger partial charge in [0.15, 0.2) is 5.75 Å². The van der Waals surface area contributed by atoms with Crippen LogP contribution in [0, 0.1) is 0 Å². The van der Waals surface area contributed by atoms with E-state index in [0.29, 0.717) is 5.02 Å². The molecule has 7 heteroatoms. The van der Waals surface area contributed by atoms with Gasteiger partial charge in [-0.3, -0.25) is 9.59 Å². The molecule has 1 unspecified atom stereocenters. The quantitative estimate of drug-likeness (QED) is 0.443. The number of ether oxygens (including phenoxy) is 2. The fraction of sp³-hybridized carbons (Fsp3) is 0.500. The number of halogens is 3. The van der Waals surface area contributed by atoms with E-state index in [4.69, 9.17) is 44.3 Å². The molecule has 0 fully saturated rings. The van der Waals surface area contributed by atoms with Gasteiger partial charge in [0.25, 0.3) is 0 Å². The second-order valence-electron chi connectivity index (χ2n) is 5.12. The Hall–Kier alpha value is -0.970. The maximum absolute atomic E-state index is 11.8. The highest BCUT2D eigenvalue weighted by atomic mass is 35.5. The summed E-state index contributed by atoms with van der Waals surface area (Å²) in [5.41, 5.74) is 0. The van der Waals surface area contributed by atoms with Gasteiger partial charge >= 0.3 is 11.9 Å². The predicted molar refractivity (Wildman–Crippen MR) is 91.4 cm³/mol. The van der Waals surface area contributed by atoms with Crippen LogP contribution in [0.1, 0.15) is 46.0 Å². The van der Waals surface area contributed by atoms with Crippen molar-refractivity contribution >= 4 is 46.7 Å². The van der Waals surface area contributed by atoms with E-state index in [-0.39, 0.29) is 34.7 Å². The van der Waals surface area contributed by atoms with Crippen molar-refractivity contribution in [2.75, 3.05) is 0 Å². The van der Waals surface area contributed by atoms with Crippen molar-refractivity contribution in [1.82, 2.24) is 0 Å². The Bertz CT molecular complexity index is 537. The van der Waals surface area contributed by atoms with Crippen molar-refractivity contribution in [1.29, 1.82) is 0 Å². The van der Waals surface area contributed by atoms with Crippen LogP contribution >= 0.6 is 34.8 Å². The molecule has 0 bridgehead atoms. The summed E-state index contributed by atoms with van der Waals surface area (Å²) in [5.74, 6) is -1.01. The molecule has 1 atom stereocenters. The van der Waals surface area contributed by atoms with E-state index in [1.807, 2.05) is 6.92 Å². The van der Waals surface area contributed by atoms with Crippen molar-refractivity contribution < 1.29 is 19.1 Å². The molecule has 0 heterocycles. The smallest absolute Gasteiger partial charge is 0.311 e. The number of esters is 2. The molecule has 0 N–H and O–H groups in total. The SMILES string of the molecule is CCCCC(C)OC(=O)CCC(=O)Oc1c(Cl)cc(Cl)cc1Cl. The second kappa shape index (κ2) is 10.0. The lowest BCUT2D eigenvalue weighted by molar-refractivity contribution is -0.151. The van der Waals surface area contributed by atoms with Gasteiger partial charge in [0.1, 0.15) is 0 Å². The van der Waals surface area contributed by atoms with Crippen LogP contribution in [0.4, 0.5) is 0 Å². The van der Waals surface area contributed by atoms with Crippen molar-refractivity contribution in [3.05, 3.63) is 27.2 Å². The van der Waals surface area contributed by atoms with Gasteiger partial charge in [0.2, 0.25) is 0 Å². The third-order valence-electron chi connectivity index (χ3n) is 3.01. The molecule has 23 heavy (non-hydrogen) atoms. The van der Waals surface area contributed by atoms with E-state index in [2.05, 4.69) is 6.92 Å². The molecule has 1 aromatic rings. The number of rotatable bonds is 8. The standard InChI is InChI=1S/C16H19Cl3O4/c1-3-4-5-10(2)22-14(20)6-7-15(21)23-16-12(18)8-11(17)9-13(16)19/h8-10H,3-7H2,1-2H3. The lowest BCUT2D eigenvalue weighted by atomic mass is 10.2. The summed E-state index contributed by atoms with van der Waals surface area (Å²) in [6.07, 6.45) is 2.51. The molecular weight excluding hydrogens is 363 g/mol. The number of carbonyl (C=O) groups excluding carboxylic acids is 2. The number of hydrogen-bond acceptors (Lipinski definition) is 4. The highest BCUT2D eigenvalue weighted by molar-refractivity contribution is 6.40. The summed E-state index contributed by atoms with van der Waals surface area (Å²) in [4.78, 5) is 23.4. The van der Waals surface area contributed by atoms with E-state index < -0.39 is 11.9 Å². The summed E-state index contributed by atoms with van der Waals surface area (Å²) < 4.78 is 10.3. The number of unbranched alkanes of at least 4 members (excludes halogenated alkanes) is 1. The van der Waals surface area contributed by atoms with Gasteiger partial charge in [-0.2, -0.15) is 0 Å². The zero-order chi connectivity index (χ0) is 17.4. The van der Waals surface area contributed by atoms with Gasteiger partial charge in [-0.05, 0) is 25.5 Å². The van der Waals surface area contributed by atoms with Crippen LogP contribution in [0.15, 0.2) is 12.1 Å². The molecule has 1 aromatic carbocycles. The second-order valence-corrected chi connectivity index (χ2v) is 6.37. The monoisotopic (exact) mass is 380 g/mol. The van der Waals surface area contributed by atoms with Crippen LogP contribution in [0.2, 0.25) is 15.1 Å². The van der Waals surface area contributed by atoms with Crippen molar-refractivity contribution in [3.63, 3.8) is 0 Å². The molecule has 0 saturated heterocycles. The minimum absolute atomic E-state index is 0.0346. The zero-order valence-electron chi connectivity index (χ0n) is 13.0.